The lowest BCUT2D eigenvalue weighted by atomic mass is 10.3. The Morgan fingerprint density at radius 1 is 1.65 bits per heavy atom. The van der Waals surface area contributed by atoms with Gasteiger partial charge in [-0.05, 0) is 18.4 Å². The largest absolute Gasteiger partial charge is 0.492 e. The van der Waals surface area contributed by atoms with Crippen LogP contribution in [0.2, 0.25) is 5.02 Å². The van der Waals surface area contributed by atoms with E-state index in [1.807, 2.05) is 0 Å². The molecule has 0 unspecified atom stereocenters. The number of benzene rings is 1. The van der Waals surface area contributed by atoms with Crippen molar-refractivity contribution in [1.29, 1.82) is 5.26 Å². The van der Waals surface area contributed by atoms with Crippen LogP contribution in [-0.4, -0.2) is 18.5 Å². The van der Waals surface area contributed by atoms with Crippen molar-refractivity contribution in [2.24, 2.45) is 4.99 Å². The van der Waals surface area contributed by atoms with E-state index in [0.717, 1.165) is 0 Å². The maximum absolute atomic E-state index is 13.8. The first-order valence-corrected chi connectivity index (χ1v) is 6.04. The molecule has 0 aliphatic rings. The number of ether oxygens (including phenoxy) is 1. The number of aliphatic imine (C=N–C) groups is 1. The lowest BCUT2D eigenvalue weighted by Crippen LogP contribution is -2.12. The lowest BCUT2D eigenvalue weighted by molar-refractivity contribution is 0.387. The summed E-state index contributed by atoms with van der Waals surface area (Å²) in [7, 11) is 1.32. The number of nitrogens with one attached hydrogen (secondary N) is 1. The first kappa shape index (κ1) is 13.6. The van der Waals surface area contributed by atoms with Crippen LogP contribution in [0.15, 0.2) is 17.1 Å². The zero-order valence-electron chi connectivity index (χ0n) is 9.12. The molecule has 0 saturated carbocycles. The SMILES string of the molecule is COc1c(Cl)ccc(N=C(NC#N)SC)c1F. The molecule has 0 radical (unpaired) electrons. The van der Waals surface area contributed by atoms with E-state index >= 15 is 0 Å². The summed E-state index contributed by atoms with van der Waals surface area (Å²) in [5.74, 6) is -0.725. The number of nitriles is 1. The van der Waals surface area contributed by atoms with Crippen LogP contribution in [-0.2, 0) is 0 Å². The standard InChI is InChI=1S/C10H9ClFN3OS/c1-16-9-6(11)3-4-7(8(9)12)15-10(17-2)14-5-13/h3-4H,1-2H3,(H,14,15). The highest BCUT2D eigenvalue weighted by atomic mass is 35.5. The average molecular weight is 274 g/mol. The number of hydrogen-bond acceptors (Lipinski definition) is 4. The molecule has 1 rings (SSSR count). The van der Waals surface area contributed by atoms with E-state index in [2.05, 4.69) is 10.3 Å². The zero-order valence-corrected chi connectivity index (χ0v) is 10.7. The fourth-order valence-electron chi connectivity index (χ4n) is 1.08. The minimum atomic E-state index is -0.661. The molecule has 0 aliphatic heterocycles. The summed E-state index contributed by atoms with van der Waals surface area (Å²) < 4.78 is 18.7. The molecule has 0 heterocycles. The molecule has 0 atom stereocenters. The molecule has 90 valence electrons. The Morgan fingerprint density at radius 2 is 2.35 bits per heavy atom. The third-order valence-electron chi connectivity index (χ3n) is 1.81. The molecule has 4 nitrogen and oxygen atoms in total. The van der Waals surface area contributed by atoms with Gasteiger partial charge in [-0.15, -0.1) is 0 Å². The second-order valence-corrected chi connectivity index (χ2v) is 3.97. The molecular weight excluding hydrogens is 265 g/mol. The van der Waals surface area contributed by atoms with Crippen molar-refractivity contribution < 1.29 is 9.13 Å². The van der Waals surface area contributed by atoms with Gasteiger partial charge in [0.25, 0.3) is 0 Å². The van der Waals surface area contributed by atoms with E-state index in [0.29, 0.717) is 0 Å². The smallest absolute Gasteiger partial charge is 0.192 e. The second-order valence-electron chi connectivity index (χ2n) is 2.77. The van der Waals surface area contributed by atoms with Gasteiger partial charge < -0.3 is 4.74 Å². The average Bonchev–Trinajstić information content (AvgIpc) is 2.32. The molecule has 7 heteroatoms. The van der Waals surface area contributed by atoms with Gasteiger partial charge in [-0.1, -0.05) is 23.4 Å². The molecule has 0 aliphatic carbocycles. The van der Waals surface area contributed by atoms with E-state index in [1.165, 1.54) is 31.0 Å². The number of hydrogen-bond donors (Lipinski definition) is 1. The molecule has 0 saturated heterocycles. The molecular formula is C10H9ClFN3OS. The Balaban J connectivity index is 3.20. The molecule has 0 fully saturated rings. The van der Waals surface area contributed by atoms with E-state index in [-0.39, 0.29) is 21.6 Å². The first-order valence-electron chi connectivity index (χ1n) is 4.43. The minimum absolute atomic E-state index is 0.0540. The van der Waals surface area contributed by atoms with Crippen molar-refractivity contribution in [2.75, 3.05) is 13.4 Å². The van der Waals surface area contributed by atoms with Crippen molar-refractivity contribution in [3.8, 4) is 11.9 Å². The van der Waals surface area contributed by atoms with Crippen LogP contribution in [0, 0.1) is 17.3 Å². The summed E-state index contributed by atoms with van der Waals surface area (Å²) >= 11 is 6.94. The number of thioether (sulfide) groups is 1. The maximum atomic E-state index is 13.8. The van der Waals surface area contributed by atoms with E-state index in [4.69, 9.17) is 21.6 Å². The van der Waals surface area contributed by atoms with Gasteiger partial charge in [0, 0.05) is 0 Å². The van der Waals surface area contributed by atoms with Gasteiger partial charge >= 0.3 is 0 Å². The monoisotopic (exact) mass is 273 g/mol. The summed E-state index contributed by atoms with van der Waals surface area (Å²) in [5.41, 5.74) is 0.0540. The van der Waals surface area contributed by atoms with Gasteiger partial charge in [0.05, 0.1) is 12.1 Å². The Hall–Kier alpha value is -1.45. The van der Waals surface area contributed by atoms with Crippen LogP contribution < -0.4 is 10.1 Å². The molecule has 17 heavy (non-hydrogen) atoms. The fourth-order valence-corrected chi connectivity index (χ4v) is 1.64. The van der Waals surface area contributed by atoms with Crippen molar-refractivity contribution in [3.05, 3.63) is 23.0 Å². The molecule has 1 N–H and O–H groups in total. The fraction of sp³-hybridized carbons (Fsp3) is 0.200. The van der Waals surface area contributed by atoms with Gasteiger partial charge in [-0.3, -0.25) is 5.32 Å². The van der Waals surface area contributed by atoms with Crippen molar-refractivity contribution in [3.63, 3.8) is 0 Å². The van der Waals surface area contributed by atoms with Crippen LogP contribution in [0.4, 0.5) is 10.1 Å². The minimum Gasteiger partial charge on any atom is -0.492 e. The third-order valence-corrected chi connectivity index (χ3v) is 2.69. The topological polar surface area (TPSA) is 57.4 Å². The lowest BCUT2D eigenvalue weighted by Gasteiger charge is -2.07. The van der Waals surface area contributed by atoms with Crippen molar-refractivity contribution in [1.82, 2.24) is 5.32 Å². The van der Waals surface area contributed by atoms with Crippen LogP contribution in [0.5, 0.6) is 5.75 Å². The number of amidine groups is 1. The first-order chi connectivity index (χ1) is 8.13. The summed E-state index contributed by atoms with van der Waals surface area (Å²) in [6.45, 7) is 0. The van der Waals surface area contributed by atoms with Gasteiger partial charge in [0.2, 0.25) is 0 Å². The highest BCUT2D eigenvalue weighted by molar-refractivity contribution is 8.13. The van der Waals surface area contributed by atoms with Crippen LogP contribution >= 0.6 is 23.4 Å². The Kier molecular flexibility index (Phi) is 5.07. The van der Waals surface area contributed by atoms with Gasteiger partial charge in [0.15, 0.2) is 22.9 Å². The van der Waals surface area contributed by atoms with Gasteiger partial charge in [0.1, 0.15) is 5.69 Å². The predicted octanol–water partition coefficient (Wildman–Crippen LogP) is 2.91. The maximum Gasteiger partial charge on any atom is 0.192 e. The van der Waals surface area contributed by atoms with E-state index in [9.17, 15) is 4.39 Å². The van der Waals surface area contributed by atoms with Gasteiger partial charge in [-0.2, -0.15) is 5.26 Å². The number of nitrogens with zero attached hydrogens (tertiary/aromatic N) is 2. The van der Waals surface area contributed by atoms with E-state index in [1.54, 1.807) is 12.4 Å². The van der Waals surface area contributed by atoms with Crippen molar-refractivity contribution >= 4 is 34.2 Å². The van der Waals surface area contributed by atoms with Crippen LogP contribution in [0.3, 0.4) is 0 Å². The molecule has 0 amide bonds. The molecule has 0 aromatic heterocycles. The molecule has 1 aromatic rings. The number of methoxy groups -OCH3 is 1. The van der Waals surface area contributed by atoms with E-state index < -0.39 is 5.82 Å². The predicted molar refractivity (Wildman–Crippen MR) is 67.3 cm³/mol. The summed E-state index contributed by atoms with van der Waals surface area (Å²) in [4.78, 5) is 3.95. The Bertz CT molecular complexity index is 487. The van der Waals surface area contributed by atoms with Crippen LogP contribution in [0.25, 0.3) is 0 Å². The second kappa shape index (κ2) is 6.33. The normalized spacial score (nSPS) is 10.9. The zero-order chi connectivity index (χ0) is 12.8. The summed E-state index contributed by atoms with van der Waals surface area (Å²) in [6.07, 6.45) is 3.43. The highest BCUT2D eigenvalue weighted by Crippen LogP contribution is 2.33. The molecule has 0 bridgehead atoms. The summed E-state index contributed by atoms with van der Waals surface area (Å²) in [6, 6.07) is 2.89. The number of rotatable bonds is 2. The van der Waals surface area contributed by atoms with Crippen molar-refractivity contribution in [2.45, 2.75) is 0 Å². The highest BCUT2D eigenvalue weighted by Gasteiger charge is 2.13. The molecule has 0 spiro atoms. The quantitative estimate of drug-likeness (QED) is 0.390. The Labute approximate surface area is 107 Å². The van der Waals surface area contributed by atoms with Crippen LogP contribution in [0.1, 0.15) is 0 Å². The van der Waals surface area contributed by atoms with Gasteiger partial charge in [-0.25, -0.2) is 9.38 Å². The molecule has 1 aromatic carbocycles. The summed E-state index contributed by atoms with van der Waals surface area (Å²) in [5, 5.41) is 11.3. The third kappa shape index (κ3) is 3.25. The number of halogens is 2. The Morgan fingerprint density at radius 3 is 2.88 bits per heavy atom.